The van der Waals surface area contributed by atoms with E-state index in [1.807, 2.05) is 18.3 Å². The Balaban J connectivity index is 2.02. The van der Waals surface area contributed by atoms with Crippen LogP contribution in [-0.4, -0.2) is 38.1 Å². The zero-order valence-corrected chi connectivity index (χ0v) is 10.9. The van der Waals surface area contributed by atoms with Crippen LogP contribution < -0.4 is 4.90 Å². The largest absolute Gasteiger partial charge is 0.350 e. The van der Waals surface area contributed by atoms with E-state index >= 15 is 0 Å². The molecule has 0 radical (unpaired) electrons. The molecule has 0 unspecified atom stereocenters. The average Bonchev–Trinajstić information content (AvgIpc) is 2.20. The van der Waals surface area contributed by atoms with Gasteiger partial charge in [-0.2, -0.15) is 0 Å². The molecule has 0 aliphatic carbocycles. The lowest BCUT2D eigenvalue weighted by Gasteiger charge is -2.48. The Morgan fingerprint density at radius 1 is 1.33 bits per heavy atom. The van der Waals surface area contributed by atoms with Crippen LogP contribution in [0.2, 0.25) is 0 Å². The highest BCUT2D eigenvalue weighted by molar-refractivity contribution is 14.1. The fourth-order valence-electron chi connectivity index (χ4n) is 1.59. The summed E-state index contributed by atoms with van der Waals surface area (Å²) in [5.41, 5.74) is 0. The second-order valence-corrected chi connectivity index (χ2v) is 4.76. The molecule has 1 aliphatic heterocycles. The number of methoxy groups -OCH3 is 2. The molecule has 15 heavy (non-hydrogen) atoms. The number of pyridine rings is 1. The van der Waals surface area contributed by atoms with Crippen LogP contribution >= 0.6 is 22.6 Å². The first-order valence-electron chi connectivity index (χ1n) is 4.66. The van der Waals surface area contributed by atoms with E-state index in [-0.39, 0.29) is 0 Å². The molecular weight excluding hydrogens is 307 g/mol. The van der Waals surface area contributed by atoms with Gasteiger partial charge >= 0.3 is 0 Å². The van der Waals surface area contributed by atoms with E-state index in [9.17, 15) is 0 Å². The van der Waals surface area contributed by atoms with Crippen LogP contribution in [0.3, 0.4) is 0 Å². The molecule has 0 spiro atoms. The third-order valence-corrected chi connectivity index (χ3v) is 3.28. The molecule has 2 heterocycles. The smallest absolute Gasteiger partial charge is 0.203 e. The van der Waals surface area contributed by atoms with Gasteiger partial charge in [0.15, 0.2) is 0 Å². The number of anilines is 1. The Bertz CT molecular complexity index is 330. The lowest BCUT2D eigenvalue weighted by molar-refractivity contribution is -0.219. The lowest BCUT2D eigenvalue weighted by Crippen LogP contribution is -2.64. The van der Waals surface area contributed by atoms with Crippen molar-refractivity contribution in [3.05, 3.63) is 21.9 Å². The maximum absolute atomic E-state index is 5.31. The molecule has 5 heteroatoms. The molecule has 82 valence electrons. The molecule has 4 nitrogen and oxygen atoms in total. The normalized spacial score (nSPS) is 18.7. The Kier molecular flexibility index (Phi) is 3.13. The summed E-state index contributed by atoms with van der Waals surface area (Å²) in [6.07, 6.45) is 1.86. The van der Waals surface area contributed by atoms with Crippen molar-refractivity contribution in [1.29, 1.82) is 0 Å². The van der Waals surface area contributed by atoms with Gasteiger partial charge < -0.3 is 14.4 Å². The van der Waals surface area contributed by atoms with Crippen molar-refractivity contribution in [2.75, 3.05) is 32.2 Å². The van der Waals surface area contributed by atoms with Crippen molar-refractivity contribution in [3.8, 4) is 0 Å². The highest BCUT2D eigenvalue weighted by atomic mass is 127. The predicted molar refractivity (Wildman–Crippen MR) is 65.9 cm³/mol. The first kappa shape index (κ1) is 11.1. The van der Waals surface area contributed by atoms with Crippen LogP contribution in [0.1, 0.15) is 0 Å². The lowest BCUT2D eigenvalue weighted by atomic mass is 10.1. The number of hydrogen-bond acceptors (Lipinski definition) is 4. The molecule has 1 aliphatic rings. The minimum atomic E-state index is -0.440. The minimum Gasteiger partial charge on any atom is -0.350 e. The number of ether oxygens (including phenoxy) is 2. The van der Waals surface area contributed by atoms with Crippen molar-refractivity contribution < 1.29 is 9.47 Å². The van der Waals surface area contributed by atoms with Gasteiger partial charge in [-0.15, -0.1) is 0 Å². The van der Waals surface area contributed by atoms with E-state index in [1.165, 1.54) is 0 Å². The Hall–Kier alpha value is -0.400. The summed E-state index contributed by atoms with van der Waals surface area (Å²) in [4.78, 5) is 6.47. The molecule has 1 saturated heterocycles. The van der Waals surface area contributed by atoms with Gasteiger partial charge in [0.05, 0.1) is 13.1 Å². The molecule has 0 N–H and O–H groups in total. The SMILES string of the molecule is COC1(OC)CN(c2ccc(I)cn2)C1. The molecule has 1 fully saturated rings. The van der Waals surface area contributed by atoms with E-state index in [0.717, 1.165) is 22.5 Å². The third-order valence-electron chi connectivity index (χ3n) is 2.64. The van der Waals surface area contributed by atoms with Gasteiger partial charge in [0.2, 0.25) is 5.79 Å². The molecule has 2 rings (SSSR count). The maximum Gasteiger partial charge on any atom is 0.203 e. The predicted octanol–water partition coefficient (Wildman–Crippen LogP) is 1.50. The molecule has 1 aromatic rings. The minimum absolute atomic E-state index is 0.440. The van der Waals surface area contributed by atoms with Crippen molar-refractivity contribution >= 4 is 28.4 Å². The van der Waals surface area contributed by atoms with E-state index in [1.54, 1.807) is 14.2 Å². The summed E-state index contributed by atoms with van der Waals surface area (Å²) < 4.78 is 11.8. The fourth-order valence-corrected chi connectivity index (χ4v) is 1.91. The first-order chi connectivity index (χ1) is 7.19. The monoisotopic (exact) mass is 320 g/mol. The fraction of sp³-hybridized carbons (Fsp3) is 0.500. The van der Waals surface area contributed by atoms with E-state index in [0.29, 0.717) is 0 Å². The van der Waals surface area contributed by atoms with Crippen molar-refractivity contribution in [3.63, 3.8) is 0 Å². The highest BCUT2D eigenvalue weighted by Crippen LogP contribution is 2.29. The van der Waals surface area contributed by atoms with E-state index in [4.69, 9.17) is 9.47 Å². The summed E-state index contributed by atoms with van der Waals surface area (Å²) in [5.74, 6) is 0.533. The van der Waals surface area contributed by atoms with E-state index in [2.05, 4.69) is 32.5 Å². The summed E-state index contributed by atoms with van der Waals surface area (Å²) in [5, 5.41) is 0. The van der Waals surface area contributed by atoms with Gasteiger partial charge in [-0.3, -0.25) is 0 Å². The van der Waals surface area contributed by atoms with Gasteiger partial charge in [-0.05, 0) is 34.7 Å². The number of aromatic nitrogens is 1. The molecular formula is C10H13IN2O2. The molecule has 0 aromatic carbocycles. The average molecular weight is 320 g/mol. The number of nitrogens with zero attached hydrogens (tertiary/aromatic N) is 2. The second kappa shape index (κ2) is 4.23. The Morgan fingerprint density at radius 2 is 2.00 bits per heavy atom. The Labute approximate surface area is 103 Å². The van der Waals surface area contributed by atoms with Gasteiger partial charge in [-0.1, -0.05) is 0 Å². The van der Waals surface area contributed by atoms with Crippen LogP contribution in [0.25, 0.3) is 0 Å². The van der Waals surface area contributed by atoms with Crippen LogP contribution in [0.4, 0.5) is 5.82 Å². The van der Waals surface area contributed by atoms with Gasteiger partial charge in [0.25, 0.3) is 0 Å². The van der Waals surface area contributed by atoms with Crippen LogP contribution in [0, 0.1) is 3.57 Å². The Morgan fingerprint density at radius 3 is 2.47 bits per heavy atom. The van der Waals surface area contributed by atoms with Crippen LogP contribution in [0.15, 0.2) is 18.3 Å². The molecule has 0 saturated carbocycles. The van der Waals surface area contributed by atoms with Crippen molar-refractivity contribution in [2.45, 2.75) is 5.79 Å². The number of hydrogen-bond donors (Lipinski definition) is 0. The second-order valence-electron chi connectivity index (χ2n) is 3.51. The molecule has 0 bridgehead atoms. The highest BCUT2D eigenvalue weighted by Gasteiger charge is 2.44. The zero-order chi connectivity index (χ0) is 10.9. The zero-order valence-electron chi connectivity index (χ0n) is 8.74. The maximum atomic E-state index is 5.31. The van der Waals surface area contributed by atoms with Crippen LogP contribution in [-0.2, 0) is 9.47 Å². The standard InChI is InChI=1S/C10H13IN2O2/c1-14-10(15-2)6-13(7-10)9-4-3-8(11)5-12-9/h3-5H,6-7H2,1-2H3. The molecule has 1 aromatic heterocycles. The van der Waals surface area contributed by atoms with Gasteiger partial charge in [0.1, 0.15) is 5.82 Å². The van der Waals surface area contributed by atoms with Gasteiger partial charge in [0, 0.05) is 24.0 Å². The molecule has 0 atom stereocenters. The van der Waals surface area contributed by atoms with Crippen molar-refractivity contribution in [2.24, 2.45) is 0 Å². The van der Waals surface area contributed by atoms with Gasteiger partial charge in [-0.25, -0.2) is 4.98 Å². The molecule has 0 amide bonds. The summed E-state index contributed by atoms with van der Waals surface area (Å²) in [7, 11) is 3.34. The van der Waals surface area contributed by atoms with Crippen molar-refractivity contribution in [1.82, 2.24) is 4.98 Å². The first-order valence-corrected chi connectivity index (χ1v) is 5.74. The number of halogens is 1. The third kappa shape index (κ3) is 2.09. The summed E-state index contributed by atoms with van der Waals surface area (Å²) in [6.45, 7) is 1.46. The summed E-state index contributed by atoms with van der Waals surface area (Å²) >= 11 is 2.24. The quantitative estimate of drug-likeness (QED) is 0.624. The topological polar surface area (TPSA) is 34.6 Å². The van der Waals surface area contributed by atoms with Crippen LogP contribution in [0.5, 0.6) is 0 Å². The number of rotatable bonds is 3. The van der Waals surface area contributed by atoms with E-state index < -0.39 is 5.79 Å². The summed E-state index contributed by atoms with van der Waals surface area (Å²) in [6, 6.07) is 4.06.